The summed E-state index contributed by atoms with van der Waals surface area (Å²) in [4.78, 5) is 29.7. The number of carbonyl (C=O) groups is 1. The van der Waals surface area contributed by atoms with Crippen LogP contribution in [-0.2, 0) is 9.53 Å². The highest BCUT2D eigenvalue weighted by atomic mass is 16.5. The Bertz CT molecular complexity index is 802. The molecule has 1 fully saturated rings. The lowest BCUT2D eigenvalue weighted by Gasteiger charge is -2.33. The lowest BCUT2D eigenvalue weighted by molar-refractivity contribution is -0.134. The molecule has 1 atom stereocenters. The Kier molecular flexibility index (Phi) is 7.11. The number of hydrogen-bond donors (Lipinski definition) is 1. The second-order valence-electron chi connectivity index (χ2n) is 7.23. The van der Waals surface area contributed by atoms with Gasteiger partial charge in [0.25, 0.3) is 0 Å². The number of pyridine rings is 1. The molecule has 0 spiro atoms. The van der Waals surface area contributed by atoms with Gasteiger partial charge in [-0.1, -0.05) is 0 Å². The molecule has 1 aliphatic heterocycles. The number of nitrogens with zero attached hydrogens (tertiary/aromatic N) is 5. The van der Waals surface area contributed by atoms with Crippen molar-refractivity contribution in [1.29, 1.82) is 0 Å². The van der Waals surface area contributed by atoms with Crippen LogP contribution in [0, 0.1) is 13.8 Å². The summed E-state index contributed by atoms with van der Waals surface area (Å²) in [5.41, 5.74) is 3.51. The Morgan fingerprint density at radius 2 is 1.97 bits per heavy atom. The standard InChI is InChI=1S/C21H30N6O2/c1-5-27(6-2)20(28)14-26-9-10-29-19(13-26)18-8-7-17(12-22-18)25-21-23-15(3)11-16(4)24-21/h7-8,11-12,19H,5-6,9-10,13-14H2,1-4H3,(H,23,24,25)/t19-/m0/s1. The zero-order valence-electron chi connectivity index (χ0n) is 17.7. The molecule has 2 aromatic rings. The van der Waals surface area contributed by atoms with Gasteiger partial charge in [0.15, 0.2) is 0 Å². The van der Waals surface area contributed by atoms with Crippen molar-refractivity contribution in [1.82, 2.24) is 24.8 Å². The van der Waals surface area contributed by atoms with Gasteiger partial charge in [0.2, 0.25) is 11.9 Å². The van der Waals surface area contributed by atoms with Crippen LogP contribution in [0.4, 0.5) is 11.6 Å². The monoisotopic (exact) mass is 398 g/mol. The van der Waals surface area contributed by atoms with Gasteiger partial charge in [-0.25, -0.2) is 9.97 Å². The Morgan fingerprint density at radius 3 is 2.59 bits per heavy atom. The molecule has 1 N–H and O–H groups in total. The summed E-state index contributed by atoms with van der Waals surface area (Å²) in [5, 5.41) is 3.19. The number of aromatic nitrogens is 3. The van der Waals surface area contributed by atoms with Gasteiger partial charge < -0.3 is 15.0 Å². The van der Waals surface area contributed by atoms with Crippen molar-refractivity contribution in [3.05, 3.63) is 41.5 Å². The van der Waals surface area contributed by atoms with Crippen LogP contribution in [0.1, 0.15) is 37.0 Å². The maximum atomic E-state index is 12.4. The Morgan fingerprint density at radius 1 is 1.24 bits per heavy atom. The van der Waals surface area contributed by atoms with E-state index in [9.17, 15) is 4.79 Å². The van der Waals surface area contributed by atoms with Crippen molar-refractivity contribution in [2.75, 3.05) is 44.6 Å². The van der Waals surface area contributed by atoms with Crippen LogP contribution in [0.5, 0.6) is 0 Å². The predicted octanol–water partition coefficient (Wildman–Crippen LogP) is 2.47. The smallest absolute Gasteiger partial charge is 0.236 e. The summed E-state index contributed by atoms with van der Waals surface area (Å²) in [6, 6.07) is 5.84. The number of likely N-dealkylation sites (N-methyl/N-ethyl adjacent to an activating group) is 1. The van der Waals surface area contributed by atoms with Crippen LogP contribution in [0.25, 0.3) is 0 Å². The summed E-state index contributed by atoms with van der Waals surface area (Å²) in [5.74, 6) is 0.726. The van der Waals surface area contributed by atoms with Crippen LogP contribution in [0.2, 0.25) is 0 Å². The third-order valence-corrected chi connectivity index (χ3v) is 4.98. The summed E-state index contributed by atoms with van der Waals surface area (Å²) in [6.45, 7) is 11.8. The Balaban J connectivity index is 1.61. The van der Waals surface area contributed by atoms with Gasteiger partial charge in [-0.05, 0) is 45.9 Å². The number of morpholine rings is 1. The lowest BCUT2D eigenvalue weighted by atomic mass is 10.2. The first-order valence-electron chi connectivity index (χ1n) is 10.2. The number of hydrogen-bond acceptors (Lipinski definition) is 7. The molecule has 3 heterocycles. The van der Waals surface area contributed by atoms with E-state index in [0.29, 0.717) is 25.6 Å². The van der Waals surface area contributed by atoms with Crippen molar-refractivity contribution < 1.29 is 9.53 Å². The van der Waals surface area contributed by atoms with Gasteiger partial charge in [0.05, 0.1) is 30.7 Å². The topological polar surface area (TPSA) is 83.5 Å². The van der Waals surface area contributed by atoms with Crippen LogP contribution in [0.3, 0.4) is 0 Å². The van der Waals surface area contributed by atoms with Gasteiger partial charge in [0.1, 0.15) is 6.10 Å². The molecule has 0 aromatic carbocycles. The number of ether oxygens (including phenoxy) is 1. The van der Waals surface area contributed by atoms with Gasteiger partial charge >= 0.3 is 0 Å². The minimum Gasteiger partial charge on any atom is -0.369 e. The maximum Gasteiger partial charge on any atom is 0.236 e. The molecular weight excluding hydrogens is 368 g/mol. The third-order valence-electron chi connectivity index (χ3n) is 4.98. The fourth-order valence-electron chi connectivity index (χ4n) is 3.47. The van der Waals surface area contributed by atoms with Gasteiger partial charge in [-0.2, -0.15) is 0 Å². The molecule has 2 aromatic heterocycles. The summed E-state index contributed by atoms with van der Waals surface area (Å²) >= 11 is 0. The highest BCUT2D eigenvalue weighted by molar-refractivity contribution is 5.78. The number of amides is 1. The van der Waals surface area contributed by atoms with E-state index in [1.807, 2.05) is 50.8 Å². The van der Waals surface area contributed by atoms with Crippen molar-refractivity contribution in [3.63, 3.8) is 0 Å². The lowest BCUT2D eigenvalue weighted by Crippen LogP contribution is -2.45. The Hall–Kier alpha value is -2.58. The van der Waals surface area contributed by atoms with Gasteiger partial charge in [-0.15, -0.1) is 0 Å². The van der Waals surface area contributed by atoms with E-state index in [1.54, 1.807) is 6.20 Å². The first-order chi connectivity index (χ1) is 14.0. The number of nitrogens with one attached hydrogen (secondary N) is 1. The van der Waals surface area contributed by atoms with Crippen LogP contribution in [0.15, 0.2) is 24.4 Å². The molecule has 0 saturated carbocycles. The second-order valence-corrected chi connectivity index (χ2v) is 7.23. The minimum absolute atomic E-state index is 0.139. The average Bonchev–Trinajstić information content (AvgIpc) is 2.69. The molecule has 1 saturated heterocycles. The zero-order chi connectivity index (χ0) is 20.8. The normalized spacial score (nSPS) is 17.2. The van der Waals surface area contributed by atoms with E-state index in [1.165, 1.54) is 0 Å². The fourth-order valence-corrected chi connectivity index (χ4v) is 3.47. The molecule has 0 bridgehead atoms. The van der Waals surface area contributed by atoms with Crippen molar-refractivity contribution in [3.8, 4) is 0 Å². The average molecular weight is 399 g/mol. The number of aryl methyl sites for hydroxylation is 2. The molecule has 29 heavy (non-hydrogen) atoms. The molecule has 1 aliphatic rings. The number of rotatable bonds is 7. The SMILES string of the molecule is CCN(CC)C(=O)CN1CCO[C@H](c2ccc(Nc3nc(C)cc(C)n3)cn2)C1. The van der Waals surface area contributed by atoms with E-state index in [2.05, 4.69) is 25.2 Å². The highest BCUT2D eigenvalue weighted by Crippen LogP contribution is 2.22. The number of anilines is 2. The first kappa shape index (κ1) is 21.1. The molecule has 0 unspecified atom stereocenters. The van der Waals surface area contributed by atoms with E-state index in [4.69, 9.17) is 4.74 Å². The van der Waals surface area contributed by atoms with Gasteiger partial charge in [0, 0.05) is 37.6 Å². The molecule has 0 radical (unpaired) electrons. The van der Waals surface area contributed by atoms with Crippen molar-refractivity contribution in [2.45, 2.75) is 33.8 Å². The minimum atomic E-state index is -0.139. The molecule has 156 valence electrons. The summed E-state index contributed by atoms with van der Waals surface area (Å²) in [7, 11) is 0. The Labute approximate surface area is 172 Å². The maximum absolute atomic E-state index is 12.4. The van der Waals surface area contributed by atoms with E-state index < -0.39 is 0 Å². The predicted molar refractivity (Wildman–Crippen MR) is 112 cm³/mol. The van der Waals surface area contributed by atoms with Gasteiger partial charge in [-0.3, -0.25) is 14.7 Å². The largest absolute Gasteiger partial charge is 0.369 e. The summed E-state index contributed by atoms with van der Waals surface area (Å²) in [6.07, 6.45) is 1.62. The molecule has 1 amide bonds. The molecule has 8 heteroatoms. The number of carbonyl (C=O) groups excluding carboxylic acids is 1. The molecule has 8 nitrogen and oxygen atoms in total. The van der Waals surface area contributed by atoms with Crippen molar-refractivity contribution >= 4 is 17.5 Å². The third kappa shape index (κ3) is 5.71. The van der Waals surface area contributed by atoms with E-state index in [0.717, 1.165) is 42.4 Å². The van der Waals surface area contributed by atoms with Crippen molar-refractivity contribution in [2.24, 2.45) is 0 Å². The quantitative estimate of drug-likeness (QED) is 0.767. The van der Waals surface area contributed by atoms with Crippen LogP contribution >= 0.6 is 0 Å². The first-order valence-corrected chi connectivity index (χ1v) is 10.2. The van der Waals surface area contributed by atoms with Crippen LogP contribution in [-0.4, -0.2) is 70.0 Å². The van der Waals surface area contributed by atoms with Crippen LogP contribution < -0.4 is 5.32 Å². The molecule has 0 aliphatic carbocycles. The van der Waals surface area contributed by atoms with E-state index >= 15 is 0 Å². The second kappa shape index (κ2) is 9.76. The molecule has 3 rings (SSSR count). The highest BCUT2D eigenvalue weighted by Gasteiger charge is 2.25. The summed E-state index contributed by atoms with van der Waals surface area (Å²) < 4.78 is 5.90. The zero-order valence-corrected chi connectivity index (χ0v) is 17.7. The fraction of sp³-hybridized carbons (Fsp3) is 0.524. The molecular formula is C21H30N6O2. The van der Waals surface area contributed by atoms with E-state index in [-0.39, 0.29) is 12.0 Å².